The van der Waals surface area contributed by atoms with Gasteiger partial charge in [-0.1, -0.05) is 62.3 Å². The van der Waals surface area contributed by atoms with Crippen LogP contribution in [0.1, 0.15) is 38.0 Å². The molecule has 0 spiro atoms. The van der Waals surface area contributed by atoms with Crippen molar-refractivity contribution in [1.82, 2.24) is 0 Å². The maximum Gasteiger partial charge on any atom is 0.211 e. The highest BCUT2D eigenvalue weighted by molar-refractivity contribution is 6.74. The number of nitrogens with one attached hydrogen (secondary N) is 1. The predicted molar refractivity (Wildman–Crippen MR) is 122 cm³/mol. The summed E-state index contributed by atoms with van der Waals surface area (Å²) in [6, 6.07) is 15.3. The Morgan fingerprint density at radius 3 is 2.50 bits per heavy atom. The van der Waals surface area contributed by atoms with E-state index in [-0.39, 0.29) is 11.6 Å². The average Bonchev–Trinajstić information content (AvgIpc) is 2.70. The second kappa shape index (κ2) is 10.3. The molecule has 0 aliphatic carbocycles. The molecule has 0 heterocycles. The molecule has 0 aliphatic rings. The number of azide groups is 1. The molecule has 2 aromatic carbocycles. The molecule has 160 valence electrons. The molecule has 0 saturated carbocycles. The van der Waals surface area contributed by atoms with Crippen molar-refractivity contribution in [2.45, 2.75) is 51.6 Å². The van der Waals surface area contributed by atoms with E-state index < -0.39 is 14.4 Å². The fraction of sp³-hybridized carbons (Fsp3) is 0.409. The van der Waals surface area contributed by atoms with Gasteiger partial charge >= 0.3 is 0 Å². The van der Waals surface area contributed by atoms with E-state index in [9.17, 15) is 4.79 Å². The number of carbonyl (C=O) groups is 1. The molecule has 1 unspecified atom stereocenters. The molecule has 2 aromatic rings. The van der Waals surface area contributed by atoms with E-state index in [4.69, 9.17) is 14.7 Å². The highest BCUT2D eigenvalue weighted by atomic mass is 28.4. The zero-order valence-corrected chi connectivity index (χ0v) is 19.3. The number of hydrogen-bond acceptors (Lipinski definition) is 4. The van der Waals surface area contributed by atoms with Crippen molar-refractivity contribution in [3.8, 4) is 5.75 Å². The highest BCUT2D eigenvalue weighted by Gasteiger charge is 2.39. The minimum absolute atomic E-state index is 0.00419. The summed E-state index contributed by atoms with van der Waals surface area (Å²) in [5, 5.41) is 6.45. The summed E-state index contributed by atoms with van der Waals surface area (Å²) in [6.07, 6.45) is 0.211. The van der Waals surface area contributed by atoms with Gasteiger partial charge in [-0.2, -0.15) is 0 Å². The molecule has 8 heteroatoms. The molecule has 0 saturated heterocycles. The Morgan fingerprint density at radius 2 is 1.90 bits per heavy atom. The lowest BCUT2D eigenvalue weighted by molar-refractivity contribution is -0.105. The van der Waals surface area contributed by atoms with Gasteiger partial charge in [-0.15, -0.1) is 0 Å². The van der Waals surface area contributed by atoms with E-state index in [1.165, 1.54) is 0 Å². The first kappa shape index (κ1) is 23.5. The molecule has 30 heavy (non-hydrogen) atoms. The van der Waals surface area contributed by atoms with Crippen molar-refractivity contribution in [1.29, 1.82) is 0 Å². The molecule has 7 nitrogen and oxygen atoms in total. The van der Waals surface area contributed by atoms with Gasteiger partial charge in [0.25, 0.3) is 0 Å². The summed E-state index contributed by atoms with van der Waals surface area (Å²) in [4.78, 5) is 14.1. The predicted octanol–water partition coefficient (Wildman–Crippen LogP) is 6.21. The minimum atomic E-state index is -2.11. The molecular formula is C22H30N4O3Si. The molecule has 0 aromatic heterocycles. The first-order chi connectivity index (χ1) is 14.2. The summed E-state index contributed by atoms with van der Waals surface area (Å²) >= 11 is 0. The van der Waals surface area contributed by atoms with Gasteiger partial charge in [0.15, 0.2) is 8.32 Å². The van der Waals surface area contributed by atoms with Crippen LogP contribution >= 0.6 is 0 Å². The molecule has 1 N–H and O–H groups in total. The van der Waals surface area contributed by atoms with E-state index >= 15 is 0 Å². The van der Waals surface area contributed by atoms with Crippen molar-refractivity contribution in [3.63, 3.8) is 0 Å². The summed E-state index contributed by atoms with van der Waals surface area (Å²) in [7, 11) is -2.11. The van der Waals surface area contributed by atoms with Gasteiger partial charge in [0.1, 0.15) is 12.4 Å². The second-order valence-electron chi connectivity index (χ2n) is 8.57. The molecule has 1 atom stereocenters. The van der Waals surface area contributed by atoms with Crippen LogP contribution in [0.25, 0.3) is 10.4 Å². The number of amides is 1. The third-order valence-electron chi connectivity index (χ3n) is 5.38. The van der Waals surface area contributed by atoms with Crippen molar-refractivity contribution < 1.29 is 14.0 Å². The number of carbonyl (C=O) groups excluding carboxylic acids is 1. The fourth-order valence-corrected chi connectivity index (χ4v) is 3.91. The van der Waals surface area contributed by atoms with Crippen LogP contribution in [0.3, 0.4) is 0 Å². The summed E-state index contributed by atoms with van der Waals surface area (Å²) in [5.74, 6) is 0.560. The molecule has 0 fully saturated rings. The lowest BCUT2D eigenvalue weighted by Gasteiger charge is -2.39. The SMILES string of the molecule is CC(C)(C)[Si](C)(C)OC(CN=[N+]=[N-])c1ccc(OCc2ccccc2)c(NC=O)c1. The Kier molecular flexibility index (Phi) is 8.05. The van der Waals surface area contributed by atoms with Crippen LogP contribution in [0.5, 0.6) is 5.75 Å². The zero-order chi connectivity index (χ0) is 22.2. The Labute approximate surface area is 179 Å². The Morgan fingerprint density at radius 1 is 1.20 bits per heavy atom. The van der Waals surface area contributed by atoms with Gasteiger partial charge in [-0.25, -0.2) is 0 Å². The fourth-order valence-electron chi connectivity index (χ4n) is 2.64. The van der Waals surface area contributed by atoms with E-state index in [1.807, 2.05) is 48.5 Å². The van der Waals surface area contributed by atoms with Crippen molar-refractivity contribution in [2.75, 3.05) is 11.9 Å². The highest BCUT2D eigenvalue weighted by Crippen LogP contribution is 2.40. The minimum Gasteiger partial charge on any atom is -0.487 e. The van der Waals surface area contributed by atoms with Crippen LogP contribution < -0.4 is 10.1 Å². The number of ether oxygens (including phenoxy) is 1. The van der Waals surface area contributed by atoms with Gasteiger partial charge in [-0.3, -0.25) is 4.79 Å². The topological polar surface area (TPSA) is 96.3 Å². The Balaban J connectivity index is 2.31. The maximum absolute atomic E-state index is 11.2. The van der Waals surface area contributed by atoms with Gasteiger partial charge in [0.05, 0.1) is 18.3 Å². The molecule has 0 aliphatic heterocycles. The first-order valence-corrected chi connectivity index (χ1v) is 12.8. The lowest BCUT2D eigenvalue weighted by Crippen LogP contribution is -2.42. The summed E-state index contributed by atoms with van der Waals surface area (Å²) in [5.41, 5.74) is 11.2. The van der Waals surface area contributed by atoms with Crippen LogP contribution in [0.15, 0.2) is 53.6 Å². The average molecular weight is 427 g/mol. The summed E-state index contributed by atoms with van der Waals surface area (Å²) in [6.45, 7) is 11.3. The zero-order valence-electron chi connectivity index (χ0n) is 18.3. The Bertz CT molecular complexity index is 891. The van der Waals surface area contributed by atoms with Crippen molar-refractivity contribution in [2.24, 2.45) is 5.11 Å². The quantitative estimate of drug-likeness (QED) is 0.161. The van der Waals surface area contributed by atoms with E-state index in [2.05, 4.69) is 49.2 Å². The van der Waals surface area contributed by atoms with Crippen LogP contribution in [0.2, 0.25) is 18.1 Å². The molecule has 0 radical (unpaired) electrons. The van der Waals surface area contributed by atoms with E-state index in [0.717, 1.165) is 11.1 Å². The van der Waals surface area contributed by atoms with Crippen molar-refractivity contribution >= 4 is 20.4 Å². The third-order valence-corrected chi connectivity index (χ3v) is 9.87. The Hall–Kier alpha value is -2.80. The van der Waals surface area contributed by atoms with E-state index in [0.29, 0.717) is 24.5 Å². The number of benzene rings is 2. The first-order valence-electron chi connectivity index (χ1n) is 9.87. The monoisotopic (exact) mass is 426 g/mol. The van der Waals surface area contributed by atoms with Crippen LogP contribution in [-0.2, 0) is 15.8 Å². The third kappa shape index (κ3) is 6.35. The van der Waals surface area contributed by atoms with Crippen LogP contribution in [0.4, 0.5) is 5.69 Å². The lowest BCUT2D eigenvalue weighted by atomic mass is 10.1. The number of hydrogen-bond donors (Lipinski definition) is 1. The van der Waals surface area contributed by atoms with Crippen LogP contribution in [0, 0.1) is 0 Å². The van der Waals surface area contributed by atoms with Crippen molar-refractivity contribution in [3.05, 3.63) is 70.1 Å². The standard InChI is InChI=1S/C22H30N4O3Si/c1-22(2,3)30(4,5)29-21(14-25-26-23)18-11-12-20(19(13-18)24-16-27)28-15-17-9-7-6-8-10-17/h6-13,16,21H,14-15H2,1-5H3,(H,24,27). The maximum atomic E-state index is 11.2. The number of rotatable bonds is 10. The molecule has 0 bridgehead atoms. The van der Waals surface area contributed by atoms with Crippen LogP contribution in [-0.4, -0.2) is 21.3 Å². The molecular weight excluding hydrogens is 396 g/mol. The second-order valence-corrected chi connectivity index (χ2v) is 13.3. The van der Waals surface area contributed by atoms with Gasteiger partial charge < -0.3 is 14.5 Å². The smallest absolute Gasteiger partial charge is 0.211 e. The normalized spacial score (nSPS) is 12.6. The van der Waals surface area contributed by atoms with E-state index in [1.54, 1.807) is 0 Å². The molecule has 2 rings (SSSR count). The number of anilines is 1. The van der Waals surface area contributed by atoms with Gasteiger partial charge in [0, 0.05) is 4.91 Å². The van der Waals surface area contributed by atoms with Gasteiger partial charge in [-0.05, 0) is 46.9 Å². The van der Waals surface area contributed by atoms with Gasteiger partial charge in [0.2, 0.25) is 6.41 Å². The number of nitrogens with zero attached hydrogens (tertiary/aromatic N) is 3. The largest absolute Gasteiger partial charge is 0.487 e. The molecule has 1 amide bonds. The summed E-state index contributed by atoms with van der Waals surface area (Å²) < 4.78 is 12.4.